The fourth-order valence-corrected chi connectivity index (χ4v) is 3.37. The second kappa shape index (κ2) is 11.8. The second-order valence-corrected chi connectivity index (χ2v) is 6.93. The monoisotopic (exact) mass is 504 g/mol. The van der Waals surface area contributed by atoms with E-state index in [2.05, 4.69) is 31.9 Å². The van der Waals surface area contributed by atoms with E-state index in [4.69, 9.17) is 9.84 Å². The summed E-state index contributed by atoms with van der Waals surface area (Å²) in [6.45, 7) is 0.397. The Labute approximate surface area is 172 Å². The molecule has 0 amide bonds. The van der Waals surface area contributed by atoms with E-state index < -0.39 is 4.92 Å². The van der Waals surface area contributed by atoms with Crippen LogP contribution in [0.15, 0.2) is 45.3 Å². The molecular weight excluding hydrogens is 488 g/mol. The number of nitro benzene ring substituents is 2. The number of rotatable bonds is 7. The van der Waals surface area contributed by atoms with Gasteiger partial charge in [-0.05, 0) is 44.0 Å². The van der Waals surface area contributed by atoms with E-state index in [-0.39, 0.29) is 22.9 Å². The molecule has 1 N–H and O–H groups in total. The highest BCUT2D eigenvalue weighted by Gasteiger charge is 2.17. The maximum atomic E-state index is 10.7. The Morgan fingerprint density at radius 3 is 1.74 bits per heavy atom. The summed E-state index contributed by atoms with van der Waals surface area (Å²) in [5.74, 6) is 0. The zero-order valence-corrected chi connectivity index (χ0v) is 17.6. The first-order chi connectivity index (χ1) is 12.8. The van der Waals surface area contributed by atoms with E-state index in [9.17, 15) is 20.2 Å². The van der Waals surface area contributed by atoms with E-state index in [1.165, 1.54) is 0 Å². The molecule has 0 heterocycles. The number of aliphatic hydroxyl groups excluding tert-OH is 1. The zero-order valence-electron chi connectivity index (χ0n) is 14.4. The van der Waals surface area contributed by atoms with E-state index in [0.717, 1.165) is 0 Å². The number of aliphatic hydroxyl groups is 1. The van der Waals surface area contributed by atoms with Crippen molar-refractivity contribution in [2.45, 2.75) is 12.8 Å². The van der Waals surface area contributed by atoms with E-state index in [0.29, 0.717) is 39.5 Å². The molecule has 0 aliphatic rings. The molecule has 27 heavy (non-hydrogen) atoms. The molecule has 0 spiro atoms. The zero-order chi connectivity index (χ0) is 20.4. The van der Waals surface area contributed by atoms with Crippen LogP contribution in [0.2, 0.25) is 0 Å². The Kier molecular flexibility index (Phi) is 10.1. The van der Waals surface area contributed by atoms with Gasteiger partial charge < -0.3 is 9.84 Å². The van der Waals surface area contributed by atoms with Gasteiger partial charge in [0.2, 0.25) is 0 Å². The van der Waals surface area contributed by atoms with E-state index in [1.54, 1.807) is 43.5 Å². The largest absolute Gasteiger partial charge is 0.396 e. The SMILES string of the molecule is COCCc1cccc(Br)c1[N+](=O)[O-].O=[N+]([O-])c1c(Br)cccc1CCO. The summed E-state index contributed by atoms with van der Waals surface area (Å²) >= 11 is 6.25. The highest BCUT2D eigenvalue weighted by Crippen LogP contribution is 2.29. The first-order valence-electron chi connectivity index (χ1n) is 7.76. The maximum absolute atomic E-state index is 10.7. The lowest BCUT2D eigenvalue weighted by atomic mass is 10.1. The second-order valence-electron chi connectivity index (χ2n) is 5.23. The van der Waals surface area contributed by atoms with Crippen LogP contribution in [0.1, 0.15) is 11.1 Å². The summed E-state index contributed by atoms with van der Waals surface area (Å²) in [7, 11) is 1.57. The van der Waals surface area contributed by atoms with Crippen molar-refractivity contribution in [1.29, 1.82) is 0 Å². The number of methoxy groups -OCH3 is 1. The summed E-state index contributed by atoms with van der Waals surface area (Å²) in [5, 5.41) is 30.0. The van der Waals surface area contributed by atoms with Crippen LogP contribution in [0.25, 0.3) is 0 Å². The normalized spacial score (nSPS) is 10.1. The molecule has 10 heteroatoms. The van der Waals surface area contributed by atoms with Crippen LogP contribution in [0.4, 0.5) is 11.4 Å². The summed E-state index contributed by atoms with van der Waals surface area (Å²) in [4.78, 5) is 20.5. The first-order valence-corrected chi connectivity index (χ1v) is 9.35. The van der Waals surface area contributed by atoms with Gasteiger partial charge in [0, 0.05) is 37.7 Å². The number of ether oxygens (including phenoxy) is 1. The van der Waals surface area contributed by atoms with Gasteiger partial charge in [0.1, 0.15) is 0 Å². The lowest BCUT2D eigenvalue weighted by Gasteiger charge is -2.03. The van der Waals surface area contributed by atoms with Gasteiger partial charge >= 0.3 is 0 Å². The van der Waals surface area contributed by atoms with Crippen LogP contribution >= 0.6 is 31.9 Å². The average molecular weight is 506 g/mol. The molecule has 0 saturated carbocycles. The third kappa shape index (κ3) is 6.98. The van der Waals surface area contributed by atoms with Gasteiger partial charge in [0.05, 0.1) is 25.4 Å². The Balaban J connectivity index is 0.000000271. The Morgan fingerprint density at radius 2 is 1.37 bits per heavy atom. The number of hydrogen-bond donors (Lipinski definition) is 1. The van der Waals surface area contributed by atoms with Gasteiger partial charge in [-0.1, -0.05) is 24.3 Å². The standard InChI is InChI=1S/C9H10BrNO3.C8H8BrNO3/c1-14-6-5-7-3-2-4-8(10)9(7)11(12)13;9-7-3-1-2-6(4-5-11)8(7)10(12)13/h2-4H,5-6H2,1H3;1-3,11H,4-5H2. The van der Waals surface area contributed by atoms with Gasteiger partial charge in [0.25, 0.3) is 11.4 Å². The molecule has 0 fully saturated rings. The highest BCUT2D eigenvalue weighted by atomic mass is 79.9. The van der Waals surface area contributed by atoms with Crippen LogP contribution in [0.3, 0.4) is 0 Å². The highest BCUT2D eigenvalue weighted by molar-refractivity contribution is 9.11. The number of benzene rings is 2. The molecule has 0 unspecified atom stereocenters. The quantitative estimate of drug-likeness (QED) is 0.439. The molecule has 0 bridgehead atoms. The summed E-state index contributed by atoms with van der Waals surface area (Å²) < 4.78 is 5.84. The fourth-order valence-electron chi connectivity index (χ4n) is 2.26. The van der Waals surface area contributed by atoms with Crippen LogP contribution in [0, 0.1) is 20.2 Å². The molecule has 0 radical (unpaired) electrons. The van der Waals surface area contributed by atoms with Crippen molar-refractivity contribution in [2.75, 3.05) is 20.3 Å². The number of hydrogen-bond acceptors (Lipinski definition) is 6. The molecule has 0 aliphatic heterocycles. The van der Waals surface area contributed by atoms with Crippen molar-refractivity contribution in [2.24, 2.45) is 0 Å². The number of halogens is 2. The van der Waals surface area contributed by atoms with Crippen LogP contribution in [-0.4, -0.2) is 35.3 Å². The minimum absolute atomic E-state index is 0.0385. The first kappa shape index (κ1) is 23.2. The van der Waals surface area contributed by atoms with Gasteiger partial charge in [0.15, 0.2) is 0 Å². The minimum Gasteiger partial charge on any atom is -0.396 e. The number of para-hydroxylation sites is 2. The molecule has 0 aliphatic carbocycles. The smallest absolute Gasteiger partial charge is 0.286 e. The maximum Gasteiger partial charge on any atom is 0.286 e. The van der Waals surface area contributed by atoms with Gasteiger partial charge in [-0.25, -0.2) is 0 Å². The molecule has 0 atom stereocenters. The molecular formula is C17H18Br2N2O6. The third-order valence-electron chi connectivity index (χ3n) is 3.46. The molecule has 2 aromatic carbocycles. The lowest BCUT2D eigenvalue weighted by Crippen LogP contribution is -2.00. The van der Waals surface area contributed by atoms with Crippen molar-refractivity contribution in [3.05, 3.63) is 76.7 Å². The molecule has 0 aromatic heterocycles. The average Bonchev–Trinajstić information content (AvgIpc) is 2.60. The lowest BCUT2D eigenvalue weighted by molar-refractivity contribution is -0.386. The van der Waals surface area contributed by atoms with Crippen LogP contribution < -0.4 is 0 Å². The fraction of sp³-hybridized carbons (Fsp3) is 0.294. The van der Waals surface area contributed by atoms with E-state index >= 15 is 0 Å². The van der Waals surface area contributed by atoms with Gasteiger partial charge in [-0.15, -0.1) is 0 Å². The van der Waals surface area contributed by atoms with Crippen molar-refractivity contribution < 1.29 is 19.7 Å². The topological polar surface area (TPSA) is 116 Å². The Morgan fingerprint density at radius 1 is 0.926 bits per heavy atom. The molecule has 8 nitrogen and oxygen atoms in total. The predicted octanol–water partition coefficient (Wildman–Crippen LogP) is 4.44. The molecule has 146 valence electrons. The Bertz CT molecular complexity index is 801. The summed E-state index contributed by atoms with van der Waals surface area (Å²) in [6, 6.07) is 10.1. The molecule has 0 saturated heterocycles. The number of nitro groups is 2. The van der Waals surface area contributed by atoms with Crippen LogP contribution in [0.5, 0.6) is 0 Å². The molecule has 2 aromatic rings. The van der Waals surface area contributed by atoms with Gasteiger partial charge in [-0.2, -0.15) is 0 Å². The summed E-state index contributed by atoms with van der Waals surface area (Å²) in [6.07, 6.45) is 0.849. The number of nitrogens with zero attached hydrogens (tertiary/aromatic N) is 2. The van der Waals surface area contributed by atoms with Crippen molar-refractivity contribution in [3.63, 3.8) is 0 Å². The van der Waals surface area contributed by atoms with Crippen LogP contribution in [-0.2, 0) is 17.6 Å². The Hall–Kier alpha value is -1.88. The van der Waals surface area contributed by atoms with Crippen molar-refractivity contribution >= 4 is 43.2 Å². The minimum atomic E-state index is -0.449. The van der Waals surface area contributed by atoms with Crippen molar-refractivity contribution in [3.8, 4) is 0 Å². The van der Waals surface area contributed by atoms with Crippen molar-refractivity contribution in [1.82, 2.24) is 0 Å². The third-order valence-corrected chi connectivity index (χ3v) is 4.74. The predicted molar refractivity (Wildman–Crippen MR) is 108 cm³/mol. The van der Waals surface area contributed by atoms with Gasteiger partial charge in [-0.3, -0.25) is 20.2 Å². The van der Waals surface area contributed by atoms with E-state index in [1.807, 2.05) is 0 Å². The summed E-state index contributed by atoms with van der Waals surface area (Å²) in [5.41, 5.74) is 1.40. The molecule has 2 rings (SSSR count).